The summed E-state index contributed by atoms with van der Waals surface area (Å²) >= 11 is 0. The van der Waals surface area contributed by atoms with Gasteiger partial charge in [-0.25, -0.2) is 4.98 Å². The number of carbonyl (C=O) groups excluding carboxylic acids is 1. The number of benzene rings is 1. The van der Waals surface area contributed by atoms with Crippen LogP contribution in [0.25, 0.3) is 10.9 Å². The van der Waals surface area contributed by atoms with E-state index in [0.717, 1.165) is 25.9 Å². The number of aromatic nitrogens is 2. The van der Waals surface area contributed by atoms with E-state index in [1.807, 2.05) is 17.0 Å². The molecule has 7 heteroatoms. The number of rotatable bonds is 4. The maximum Gasteiger partial charge on any atom is 0.261 e. The summed E-state index contributed by atoms with van der Waals surface area (Å²) < 4.78 is 1.41. The fourth-order valence-electron chi connectivity index (χ4n) is 3.14. The lowest BCUT2D eigenvalue weighted by Gasteiger charge is -2.36. The van der Waals surface area contributed by atoms with Crippen LogP contribution in [0.3, 0.4) is 0 Å². The number of amides is 1. The van der Waals surface area contributed by atoms with E-state index >= 15 is 0 Å². The zero-order chi connectivity index (χ0) is 16.2. The first-order valence-electron chi connectivity index (χ1n) is 8.15. The molecule has 3 rings (SSSR count). The number of halogens is 1. The molecule has 0 radical (unpaired) electrons. The maximum atomic E-state index is 12.7. The van der Waals surface area contributed by atoms with Gasteiger partial charge in [-0.2, -0.15) is 0 Å². The van der Waals surface area contributed by atoms with Gasteiger partial charge >= 0.3 is 0 Å². The van der Waals surface area contributed by atoms with Gasteiger partial charge in [0, 0.05) is 25.7 Å². The molecule has 1 amide bonds. The molecule has 24 heavy (non-hydrogen) atoms. The molecule has 130 valence electrons. The van der Waals surface area contributed by atoms with Crippen LogP contribution < -0.4 is 10.9 Å². The van der Waals surface area contributed by atoms with Crippen LogP contribution in [0.5, 0.6) is 0 Å². The molecular formula is C17H23ClN4O2. The van der Waals surface area contributed by atoms with Crippen molar-refractivity contribution in [2.75, 3.05) is 19.6 Å². The van der Waals surface area contributed by atoms with E-state index < -0.39 is 0 Å². The number of hydrogen-bond donors (Lipinski definition) is 1. The normalized spacial score (nSPS) is 17.5. The summed E-state index contributed by atoms with van der Waals surface area (Å²) in [6.45, 7) is 4.49. The number of nitrogens with zero attached hydrogens (tertiary/aromatic N) is 3. The summed E-state index contributed by atoms with van der Waals surface area (Å²) in [5.41, 5.74) is 0.498. The van der Waals surface area contributed by atoms with Crippen molar-refractivity contribution in [3.05, 3.63) is 40.9 Å². The van der Waals surface area contributed by atoms with Gasteiger partial charge < -0.3 is 10.2 Å². The van der Waals surface area contributed by atoms with Gasteiger partial charge in [-0.15, -0.1) is 12.4 Å². The topological polar surface area (TPSA) is 67.2 Å². The van der Waals surface area contributed by atoms with E-state index in [1.165, 1.54) is 10.9 Å². The number of para-hydroxylation sites is 1. The van der Waals surface area contributed by atoms with E-state index in [2.05, 4.69) is 17.2 Å². The van der Waals surface area contributed by atoms with E-state index in [-0.39, 0.29) is 36.5 Å². The molecule has 1 unspecified atom stereocenters. The molecule has 1 fully saturated rings. The molecule has 1 N–H and O–H groups in total. The summed E-state index contributed by atoms with van der Waals surface area (Å²) in [4.78, 5) is 31.3. The molecule has 0 spiro atoms. The number of piperazine rings is 1. The zero-order valence-corrected chi connectivity index (χ0v) is 14.6. The van der Waals surface area contributed by atoms with E-state index in [1.54, 1.807) is 12.1 Å². The molecule has 1 atom stereocenters. The number of fused-ring (bicyclic) bond motifs is 1. The lowest BCUT2D eigenvalue weighted by molar-refractivity contribution is -0.135. The Labute approximate surface area is 147 Å². The smallest absolute Gasteiger partial charge is 0.261 e. The second kappa shape index (κ2) is 8.26. The van der Waals surface area contributed by atoms with Crippen molar-refractivity contribution in [1.82, 2.24) is 19.8 Å². The Kier molecular flexibility index (Phi) is 6.34. The average Bonchev–Trinajstić information content (AvgIpc) is 2.58. The highest BCUT2D eigenvalue weighted by molar-refractivity contribution is 5.85. The molecule has 2 heterocycles. The van der Waals surface area contributed by atoms with Crippen molar-refractivity contribution >= 4 is 29.2 Å². The fourth-order valence-corrected chi connectivity index (χ4v) is 3.14. The molecule has 1 aliphatic heterocycles. The third kappa shape index (κ3) is 3.76. The summed E-state index contributed by atoms with van der Waals surface area (Å²) in [6, 6.07) is 7.42. The third-order valence-corrected chi connectivity index (χ3v) is 4.33. The van der Waals surface area contributed by atoms with Crippen LogP contribution in [0.2, 0.25) is 0 Å². The van der Waals surface area contributed by atoms with Crippen LogP contribution in [-0.2, 0) is 11.3 Å². The van der Waals surface area contributed by atoms with Crippen molar-refractivity contribution < 1.29 is 4.79 Å². The highest BCUT2D eigenvalue weighted by atomic mass is 35.5. The van der Waals surface area contributed by atoms with E-state index in [0.29, 0.717) is 17.4 Å². The van der Waals surface area contributed by atoms with Gasteiger partial charge in [0.2, 0.25) is 5.91 Å². The van der Waals surface area contributed by atoms with Gasteiger partial charge in [-0.3, -0.25) is 14.2 Å². The summed E-state index contributed by atoms with van der Waals surface area (Å²) in [7, 11) is 0. The van der Waals surface area contributed by atoms with E-state index in [9.17, 15) is 9.59 Å². The van der Waals surface area contributed by atoms with E-state index in [4.69, 9.17) is 0 Å². The SMILES string of the molecule is CCCC1CNCCN1C(=O)Cn1cnc2ccccc2c1=O.Cl. The average molecular weight is 351 g/mol. The quantitative estimate of drug-likeness (QED) is 0.905. The first-order chi connectivity index (χ1) is 11.2. The summed E-state index contributed by atoms with van der Waals surface area (Å²) in [6.07, 6.45) is 3.48. The predicted octanol–water partition coefficient (Wildman–Crippen LogP) is 1.42. The van der Waals surface area contributed by atoms with Gasteiger partial charge in [-0.05, 0) is 18.6 Å². The Balaban J connectivity index is 0.00000208. The molecule has 1 aliphatic rings. The molecule has 2 aromatic rings. The highest BCUT2D eigenvalue weighted by Gasteiger charge is 2.26. The highest BCUT2D eigenvalue weighted by Crippen LogP contribution is 2.11. The fraction of sp³-hybridized carbons (Fsp3) is 0.471. The first kappa shape index (κ1) is 18.4. The number of carbonyl (C=O) groups is 1. The molecule has 6 nitrogen and oxygen atoms in total. The lowest BCUT2D eigenvalue weighted by Crippen LogP contribution is -2.54. The molecule has 1 saturated heterocycles. The Bertz CT molecular complexity index is 760. The van der Waals surface area contributed by atoms with Crippen LogP contribution in [0.4, 0.5) is 0 Å². The monoisotopic (exact) mass is 350 g/mol. The van der Waals surface area contributed by atoms with Gasteiger partial charge in [0.1, 0.15) is 6.54 Å². The first-order valence-corrected chi connectivity index (χ1v) is 8.15. The van der Waals surface area contributed by atoms with Crippen LogP contribution >= 0.6 is 12.4 Å². The van der Waals surface area contributed by atoms with Crippen LogP contribution in [0, 0.1) is 0 Å². The second-order valence-corrected chi connectivity index (χ2v) is 5.93. The predicted molar refractivity (Wildman–Crippen MR) is 96.5 cm³/mol. The van der Waals surface area contributed by atoms with Crippen molar-refractivity contribution in [1.29, 1.82) is 0 Å². The van der Waals surface area contributed by atoms with Crippen molar-refractivity contribution in [3.8, 4) is 0 Å². The number of hydrogen-bond acceptors (Lipinski definition) is 4. The third-order valence-electron chi connectivity index (χ3n) is 4.33. The van der Waals surface area contributed by atoms with Gasteiger partial charge in [0.15, 0.2) is 0 Å². The van der Waals surface area contributed by atoms with Gasteiger partial charge in [0.05, 0.1) is 17.2 Å². The minimum Gasteiger partial charge on any atom is -0.336 e. The van der Waals surface area contributed by atoms with Crippen molar-refractivity contribution in [2.45, 2.75) is 32.4 Å². The summed E-state index contributed by atoms with van der Waals surface area (Å²) in [5.74, 6) is -0.0101. The Morgan fingerprint density at radius 2 is 2.17 bits per heavy atom. The van der Waals surface area contributed by atoms with Gasteiger partial charge in [-0.1, -0.05) is 25.5 Å². The molecule has 1 aromatic heterocycles. The molecule has 0 aliphatic carbocycles. The minimum atomic E-state index is -0.161. The van der Waals surface area contributed by atoms with Crippen LogP contribution in [-0.4, -0.2) is 46.0 Å². The standard InChI is InChI=1S/C17H22N4O2.ClH/c1-2-5-13-10-18-8-9-21(13)16(22)11-20-12-19-15-7-4-3-6-14(15)17(20)23;/h3-4,6-7,12-13,18H,2,5,8-11H2,1H3;1H. The molecule has 1 aromatic carbocycles. The Morgan fingerprint density at radius 1 is 1.38 bits per heavy atom. The van der Waals surface area contributed by atoms with Crippen molar-refractivity contribution in [3.63, 3.8) is 0 Å². The lowest BCUT2D eigenvalue weighted by atomic mass is 10.1. The minimum absolute atomic E-state index is 0. The molecule has 0 bridgehead atoms. The second-order valence-electron chi connectivity index (χ2n) is 5.93. The largest absolute Gasteiger partial charge is 0.336 e. The van der Waals surface area contributed by atoms with Crippen molar-refractivity contribution in [2.24, 2.45) is 0 Å². The molecule has 0 saturated carbocycles. The molecular weight excluding hydrogens is 328 g/mol. The summed E-state index contributed by atoms with van der Waals surface area (Å²) in [5, 5.41) is 3.88. The van der Waals surface area contributed by atoms with Gasteiger partial charge in [0.25, 0.3) is 5.56 Å². The number of nitrogens with one attached hydrogen (secondary N) is 1. The zero-order valence-electron chi connectivity index (χ0n) is 13.8. The van der Waals surface area contributed by atoms with Crippen LogP contribution in [0.15, 0.2) is 35.4 Å². The Hall–Kier alpha value is -1.92. The maximum absolute atomic E-state index is 12.7. The Morgan fingerprint density at radius 3 is 2.96 bits per heavy atom. The van der Waals surface area contributed by atoms with Crippen LogP contribution in [0.1, 0.15) is 19.8 Å².